The Kier molecular flexibility index (Phi) is 2.93. The van der Waals surface area contributed by atoms with Crippen molar-refractivity contribution in [2.24, 2.45) is 5.73 Å². The Labute approximate surface area is 81.0 Å². The van der Waals surface area contributed by atoms with E-state index < -0.39 is 12.0 Å². The number of hydrogen-bond donors (Lipinski definition) is 4. The van der Waals surface area contributed by atoms with E-state index in [1.165, 1.54) is 6.07 Å². The third-order valence-electron chi connectivity index (χ3n) is 1.87. The van der Waals surface area contributed by atoms with E-state index >= 15 is 0 Å². The van der Waals surface area contributed by atoms with Gasteiger partial charge in [0.05, 0.1) is 0 Å². The maximum atomic E-state index is 10.5. The first-order chi connectivity index (χ1) is 6.50. The van der Waals surface area contributed by atoms with E-state index in [4.69, 9.17) is 16.6 Å². The fraction of sp³-hybridized carbons (Fsp3) is 0.222. The van der Waals surface area contributed by atoms with Crippen LogP contribution in [-0.4, -0.2) is 22.2 Å². The van der Waals surface area contributed by atoms with E-state index in [-0.39, 0.29) is 12.2 Å². The molecule has 0 amide bonds. The van der Waals surface area contributed by atoms with E-state index in [9.17, 15) is 9.90 Å². The average molecular weight is 196 g/mol. The molecule has 1 aromatic carbocycles. The van der Waals surface area contributed by atoms with Crippen molar-refractivity contribution in [1.29, 1.82) is 0 Å². The Hall–Kier alpha value is -1.75. The zero-order chi connectivity index (χ0) is 10.7. The summed E-state index contributed by atoms with van der Waals surface area (Å²) in [7, 11) is 0. The molecule has 0 bridgehead atoms. The van der Waals surface area contributed by atoms with E-state index in [1.54, 1.807) is 12.1 Å². The van der Waals surface area contributed by atoms with Gasteiger partial charge in [-0.1, -0.05) is 6.07 Å². The highest BCUT2D eigenvalue weighted by Crippen LogP contribution is 2.20. The maximum Gasteiger partial charge on any atom is 0.320 e. The molecule has 0 spiro atoms. The van der Waals surface area contributed by atoms with Crippen LogP contribution in [0.5, 0.6) is 5.75 Å². The highest BCUT2D eigenvalue weighted by molar-refractivity contribution is 5.73. The molecule has 5 heteroatoms. The van der Waals surface area contributed by atoms with Gasteiger partial charge in [0.25, 0.3) is 0 Å². The number of rotatable bonds is 3. The van der Waals surface area contributed by atoms with Gasteiger partial charge in [0.1, 0.15) is 11.8 Å². The zero-order valence-corrected chi connectivity index (χ0v) is 7.47. The topological polar surface area (TPSA) is 110 Å². The SMILES string of the molecule is Nc1ccc(C[C@H](N)C(=O)O)c(O)c1. The maximum absolute atomic E-state index is 10.5. The number of nitrogens with two attached hydrogens (primary N) is 2. The van der Waals surface area contributed by atoms with Gasteiger partial charge in [-0.25, -0.2) is 0 Å². The minimum absolute atomic E-state index is 0.0262. The van der Waals surface area contributed by atoms with Crippen molar-refractivity contribution in [3.63, 3.8) is 0 Å². The molecule has 5 nitrogen and oxygen atoms in total. The second-order valence-corrected chi connectivity index (χ2v) is 3.04. The summed E-state index contributed by atoms with van der Waals surface area (Å²) >= 11 is 0. The zero-order valence-electron chi connectivity index (χ0n) is 7.47. The van der Waals surface area contributed by atoms with Gasteiger partial charge in [-0.2, -0.15) is 0 Å². The van der Waals surface area contributed by atoms with E-state index in [0.717, 1.165) is 0 Å². The largest absolute Gasteiger partial charge is 0.508 e. The monoisotopic (exact) mass is 196 g/mol. The summed E-state index contributed by atoms with van der Waals surface area (Å²) in [5, 5.41) is 18.0. The molecule has 0 aliphatic heterocycles. The fourth-order valence-electron chi connectivity index (χ4n) is 1.08. The average Bonchev–Trinajstić information content (AvgIpc) is 2.09. The van der Waals surface area contributed by atoms with Gasteiger partial charge >= 0.3 is 5.97 Å². The van der Waals surface area contributed by atoms with Gasteiger partial charge in [-0.3, -0.25) is 4.79 Å². The quantitative estimate of drug-likeness (QED) is 0.506. The van der Waals surface area contributed by atoms with Crippen molar-refractivity contribution >= 4 is 11.7 Å². The van der Waals surface area contributed by atoms with Crippen LogP contribution in [0.3, 0.4) is 0 Å². The lowest BCUT2D eigenvalue weighted by Gasteiger charge is -2.08. The lowest BCUT2D eigenvalue weighted by atomic mass is 10.1. The Morgan fingerprint density at radius 2 is 2.14 bits per heavy atom. The van der Waals surface area contributed by atoms with Crippen molar-refractivity contribution in [2.75, 3.05) is 5.73 Å². The van der Waals surface area contributed by atoms with Crippen LogP contribution < -0.4 is 11.5 Å². The Morgan fingerprint density at radius 1 is 1.50 bits per heavy atom. The molecule has 0 aliphatic carbocycles. The molecule has 0 saturated carbocycles. The van der Waals surface area contributed by atoms with Crippen LogP contribution in [0.25, 0.3) is 0 Å². The van der Waals surface area contributed by atoms with Crippen LogP contribution in [0.4, 0.5) is 5.69 Å². The van der Waals surface area contributed by atoms with Crippen molar-refractivity contribution in [3.05, 3.63) is 23.8 Å². The molecule has 0 aliphatic rings. The standard InChI is InChI=1S/C9H12N2O3/c10-6-2-1-5(8(12)4-6)3-7(11)9(13)14/h1-2,4,7,12H,3,10-11H2,(H,13,14)/t7-/m0/s1. The first-order valence-corrected chi connectivity index (χ1v) is 4.06. The fourth-order valence-corrected chi connectivity index (χ4v) is 1.08. The van der Waals surface area contributed by atoms with Gasteiger partial charge in [0, 0.05) is 18.2 Å². The minimum atomic E-state index is -1.10. The number of aromatic hydroxyl groups is 1. The number of hydrogen-bond acceptors (Lipinski definition) is 4. The molecule has 0 fully saturated rings. The van der Waals surface area contributed by atoms with Gasteiger partial charge in [0.2, 0.25) is 0 Å². The molecule has 0 radical (unpaired) electrons. The van der Waals surface area contributed by atoms with E-state index in [1.807, 2.05) is 0 Å². The lowest BCUT2D eigenvalue weighted by molar-refractivity contribution is -0.138. The third kappa shape index (κ3) is 2.37. The summed E-state index contributed by atoms with van der Waals surface area (Å²) in [5.41, 5.74) is 11.6. The molecule has 1 rings (SSSR count). The number of nitrogen functional groups attached to an aromatic ring is 1. The number of aliphatic carboxylic acids is 1. The summed E-state index contributed by atoms with van der Waals surface area (Å²) in [6, 6.07) is 3.51. The molecular formula is C9H12N2O3. The van der Waals surface area contributed by atoms with Crippen LogP contribution in [0.2, 0.25) is 0 Å². The molecule has 0 unspecified atom stereocenters. The summed E-state index contributed by atoms with van der Waals surface area (Å²) in [6.07, 6.45) is 0.0848. The molecule has 14 heavy (non-hydrogen) atoms. The van der Waals surface area contributed by atoms with Crippen LogP contribution in [-0.2, 0) is 11.2 Å². The van der Waals surface area contributed by atoms with Crippen molar-refractivity contribution in [3.8, 4) is 5.75 Å². The highest BCUT2D eigenvalue weighted by atomic mass is 16.4. The Bertz CT molecular complexity index is 352. The van der Waals surface area contributed by atoms with E-state index in [2.05, 4.69) is 0 Å². The number of carboxylic acid groups (broad SMARTS) is 1. The summed E-state index contributed by atoms with van der Waals surface area (Å²) < 4.78 is 0. The third-order valence-corrected chi connectivity index (χ3v) is 1.87. The Balaban J connectivity index is 2.82. The number of anilines is 1. The normalized spacial score (nSPS) is 12.4. The number of benzene rings is 1. The number of carboxylic acids is 1. The van der Waals surface area contributed by atoms with Gasteiger partial charge in [-0.05, 0) is 11.6 Å². The summed E-state index contributed by atoms with van der Waals surface area (Å²) in [5.74, 6) is -1.12. The number of carbonyl (C=O) groups is 1. The molecule has 1 aromatic rings. The molecular weight excluding hydrogens is 184 g/mol. The molecule has 0 aromatic heterocycles. The molecule has 0 saturated heterocycles. The first-order valence-electron chi connectivity index (χ1n) is 4.06. The van der Waals surface area contributed by atoms with Gasteiger partial charge in [0.15, 0.2) is 0 Å². The van der Waals surface area contributed by atoms with Gasteiger partial charge in [-0.15, -0.1) is 0 Å². The molecule has 0 heterocycles. The van der Waals surface area contributed by atoms with E-state index in [0.29, 0.717) is 11.3 Å². The van der Waals surface area contributed by atoms with Crippen LogP contribution in [0.15, 0.2) is 18.2 Å². The molecule has 76 valence electrons. The first kappa shape index (κ1) is 10.3. The summed E-state index contributed by atoms with van der Waals surface area (Å²) in [6.45, 7) is 0. The predicted octanol–water partition coefficient (Wildman–Crippen LogP) is -0.0712. The second kappa shape index (κ2) is 3.97. The highest BCUT2D eigenvalue weighted by Gasteiger charge is 2.14. The van der Waals surface area contributed by atoms with Gasteiger partial charge < -0.3 is 21.7 Å². The van der Waals surface area contributed by atoms with Crippen LogP contribution in [0.1, 0.15) is 5.56 Å². The van der Waals surface area contributed by atoms with Crippen molar-refractivity contribution in [2.45, 2.75) is 12.5 Å². The Morgan fingerprint density at radius 3 is 2.64 bits per heavy atom. The van der Waals surface area contributed by atoms with Crippen molar-refractivity contribution < 1.29 is 15.0 Å². The molecule has 6 N–H and O–H groups in total. The predicted molar refractivity (Wildman–Crippen MR) is 51.8 cm³/mol. The molecule has 1 atom stereocenters. The smallest absolute Gasteiger partial charge is 0.320 e. The number of phenolic OH excluding ortho intramolecular Hbond substituents is 1. The van der Waals surface area contributed by atoms with Crippen molar-refractivity contribution in [1.82, 2.24) is 0 Å². The van der Waals surface area contributed by atoms with Crippen LogP contribution in [0, 0.1) is 0 Å². The lowest BCUT2D eigenvalue weighted by Crippen LogP contribution is -2.32. The van der Waals surface area contributed by atoms with Crippen LogP contribution >= 0.6 is 0 Å². The summed E-state index contributed by atoms with van der Waals surface area (Å²) in [4.78, 5) is 10.5. The minimum Gasteiger partial charge on any atom is -0.508 e. The number of phenols is 1. The second-order valence-electron chi connectivity index (χ2n) is 3.04.